The van der Waals surface area contributed by atoms with Crippen LogP contribution in [0.2, 0.25) is 18.1 Å². The molecule has 0 aromatic carbocycles. The van der Waals surface area contributed by atoms with Gasteiger partial charge >= 0.3 is 0 Å². The number of rotatable bonds is 5. The van der Waals surface area contributed by atoms with E-state index in [9.17, 15) is 5.11 Å². The van der Waals surface area contributed by atoms with E-state index in [1.165, 1.54) is 18.4 Å². The minimum Gasteiger partial charge on any atom is -0.414 e. The van der Waals surface area contributed by atoms with Crippen LogP contribution in [-0.2, 0) is 4.43 Å². The van der Waals surface area contributed by atoms with E-state index in [-0.39, 0.29) is 5.04 Å². The van der Waals surface area contributed by atoms with Crippen LogP contribution >= 0.6 is 0 Å². The summed E-state index contributed by atoms with van der Waals surface area (Å²) in [7, 11) is -1.72. The summed E-state index contributed by atoms with van der Waals surface area (Å²) in [6.07, 6.45) is 12.5. The van der Waals surface area contributed by atoms with Crippen molar-refractivity contribution in [2.45, 2.75) is 95.6 Å². The second kappa shape index (κ2) is 7.26. The molecule has 4 rings (SSSR count). The van der Waals surface area contributed by atoms with Crippen LogP contribution in [0.5, 0.6) is 0 Å². The molecule has 0 bridgehead atoms. The van der Waals surface area contributed by atoms with Crippen LogP contribution < -0.4 is 0 Å². The van der Waals surface area contributed by atoms with Crippen LogP contribution in [0.3, 0.4) is 0 Å². The summed E-state index contributed by atoms with van der Waals surface area (Å²) in [6, 6.07) is 2.21. The Balaban J connectivity index is 1.48. The molecule has 2 aromatic rings. The number of imidazole rings is 1. The normalized spacial score (nSPS) is 25.2. The summed E-state index contributed by atoms with van der Waals surface area (Å²) in [4.78, 5) is 4.32. The minimum absolute atomic E-state index is 0.250. The molecule has 0 aliphatic heterocycles. The molecular formula is C23H36N2O2Si. The van der Waals surface area contributed by atoms with Crippen LogP contribution in [0.25, 0.3) is 5.52 Å². The second-order valence-corrected chi connectivity index (χ2v) is 15.3. The molecule has 4 nitrogen and oxygen atoms in total. The maximum atomic E-state index is 11.4. The standard InChI is InChI=1S/C23H36N2O2Si/c1-23(2,3)28(4,5)27-18-10-8-17(9-11-18)22(26)21-19(16-6-7-16)12-13-25-15-24-14-20(21)25/h12-18,22,26H,6-11H2,1-5H3. The first-order chi connectivity index (χ1) is 13.2. The quantitative estimate of drug-likeness (QED) is 0.643. The van der Waals surface area contributed by atoms with E-state index in [1.54, 1.807) is 0 Å². The molecule has 1 atom stereocenters. The number of fused-ring (bicyclic) bond motifs is 1. The molecule has 0 radical (unpaired) electrons. The maximum absolute atomic E-state index is 11.4. The van der Waals surface area contributed by atoms with Gasteiger partial charge < -0.3 is 13.9 Å². The summed E-state index contributed by atoms with van der Waals surface area (Å²) in [5.41, 5.74) is 3.56. The van der Waals surface area contributed by atoms with Crippen molar-refractivity contribution in [3.05, 3.63) is 35.9 Å². The zero-order chi connectivity index (χ0) is 20.1. The number of aliphatic hydroxyl groups excluding tert-OH is 1. The molecule has 1 N–H and O–H groups in total. The fraction of sp³-hybridized carbons (Fsp3) is 0.696. The van der Waals surface area contributed by atoms with Gasteiger partial charge in [0, 0.05) is 17.9 Å². The highest BCUT2D eigenvalue weighted by atomic mass is 28.4. The van der Waals surface area contributed by atoms with Crippen molar-refractivity contribution in [3.8, 4) is 0 Å². The van der Waals surface area contributed by atoms with E-state index >= 15 is 0 Å². The van der Waals surface area contributed by atoms with E-state index in [4.69, 9.17) is 4.43 Å². The van der Waals surface area contributed by atoms with E-state index in [1.807, 2.05) is 12.5 Å². The number of aromatic nitrogens is 2. The summed E-state index contributed by atoms with van der Waals surface area (Å²) >= 11 is 0. The van der Waals surface area contributed by atoms with Crippen molar-refractivity contribution in [1.29, 1.82) is 0 Å². The molecule has 2 aliphatic carbocycles. The van der Waals surface area contributed by atoms with Crippen LogP contribution in [0.1, 0.15) is 82.4 Å². The monoisotopic (exact) mass is 400 g/mol. The van der Waals surface area contributed by atoms with Crippen molar-refractivity contribution in [3.63, 3.8) is 0 Å². The lowest BCUT2D eigenvalue weighted by molar-refractivity contribution is 0.0455. The third-order valence-corrected chi connectivity index (χ3v) is 11.9. The molecule has 0 amide bonds. The highest BCUT2D eigenvalue weighted by Crippen LogP contribution is 2.47. The van der Waals surface area contributed by atoms with Crippen molar-refractivity contribution < 1.29 is 9.53 Å². The average molecular weight is 401 g/mol. The minimum atomic E-state index is -1.72. The average Bonchev–Trinajstić information content (AvgIpc) is 3.36. The highest BCUT2D eigenvalue weighted by Gasteiger charge is 2.41. The second-order valence-electron chi connectivity index (χ2n) is 10.5. The van der Waals surface area contributed by atoms with Gasteiger partial charge in [0.25, 0.3) is 0 Å². The van der Waals surface area contributed by atoms with E-state index in [0.29, 0.717) is 17.9 Å². The Morgan fingerprint density at radius 2 is 1.82 bits per heavy atom. The highest BCUT2D eigenvalue weighted by molar-refractivity contribution is 6.74. The van der Waals surface area contributed by atoms with Crippen LogP contribution in [-0.4, -0.2) is 28.9 Å². The number of pyridine rings is 1. The fourth-order valence-electron chi connectivity index (χ4n) is 4.45. The molecular weight excluding hydrogens is 364 g/mol. The Kier molecular flexibility index (Phi) is 5.22. The molecule has 2 saturated carbocycles. The van der Waals surface area contributed by atoms with Gasteiger partial charge in [-0.25, -0.2) is 4.98 Å². The van der Waals surface area contributed by atoms with Crippen LogP contribution in [0.15, 0.2) is 24.8 Å². The largest absolute Gasteiger partial charge is 0.414 e. The smallest absolute Gasteiger partial charge is 0.192 e. The molecule has 28 heavy (non-hydrogen) atoms. The molecule has 154 valence electrons. The zero-order valence-corrected chi connectivity index (χ0v) is 19.1. The molecule has 2 heterocycles. The zero-order valence-electron chi connectivity index (χ0n) is 18.1. The van der Waals surface area contributed by atoms with Gasteiger partial charge in [-0.1, -0.05) is 20.8 Å². The molecule has 1 unspecified atom stereocenters. The van der Waals surface area contributed by atoms with E-state index < -0.39 is 14.4 Å². The molecule has 2 aromatic heterocycles. The fourth-order valence-corrected chi connectivity index (χ4v) is 5.88. The van der Waals surface area contributed by atoms with Crippen LogP contribution in [0.4, 0.5) is 0 Å². The predicted molar refractivity (Wildman–Crippen MR) is 116 cm³/mol. The van der Waals surface area contributed by atoms with Crippen molar-refractivity contribution in [2.75, 3.05) is 0 Å². The molecule has 2 aliphatic rings. The first kappa shape index (κ1) is 20.1. The summed E-state index contributed by atoms with van der Waals surface area (Å²) in [6.45, 7) is 11.6. The third-order valence-electron chi connectivity index (χ3n) is 7.41. The lowest BCUT2D eigenvalue weighted by atomic mass is 9.80. The number of hydrogen-bond acceptors (Lipinski definition) is 3. The lowest BCUT2D eigenvalue weighted by Gasteiger charge is -2.42. The van der Waals surface area contributed by atoms with E-state index in [0.717, 1.165) is 36.8 Å². The van der Waals surface area contributed by atoms with Gasteiger partial charge in [-0.15, -0.1) is 0 Å². The SMILES string of the molecule is CC(C)(C)[Si](C)(C)OC1CCC(C(O)c2c(C3CC3)ccn3cncc23)CC1. The van der Waals surface area contributed by atoms with Crippen molar-refractivity contribution >= 4 is 13.8 Å². The topological polar surface area (TPSA) is 46.8 Å². The van der Waals surface area contributed by atoms with Gasteiger partial charge in [0.2, 0.25) is 0 Å². The van der Waals surface area contributed by atoms with E-state index in [2.05, 4.69) is 55.5 Å². The molecule has 0 spiro atoms. The number of hydrogen-bond donors (Lipinski definition) is 1. The van der Waals surface area contributed by atoms with Gasteiger partial charge in [0.1, 0.15) is 0 Å². The number of aliphatic hydroxyl groups is 1. The number of nitrogens with zero attached hydrogens (tertiary/aromatic N) is 2. The Hall–Kier alpha value is -1.17. The molecule has 5 heteroatoms. The first-order valence-corrected chi connectivity index (χ1v) is 13.9. The summed E-state index contributed by atoms with van der Waals surface area (Å²) < 4.78 is 8.70. The van der Waals surface area contributed by atoms with Crippen molar-refractivity contribution in [2.24, 2.45) is 5.92 Å². The van der Waals surface area contributed by atoms with Gasteiger partial charge in [0.05, 0.1) is 24.1 Å². The third kappa shape index (κ3) is 3.81. The molecule has 0 saturated heterocycles. The Morgan fingerprint density at radius 3 is 2.43 bits per heavy atom. The predicted octanol–water partition coefficient (Wildman–Crippen LogP) is 5.83. The van der Waals surface area contributed by atoms with Crippen molar-refractivity contribution in [1.82, 2.24) is 9.38 Å². The maximum Gasteiger partial charge on any atom is 0.192 e. The van der Waals surface area contributed by atoms with Crippen LogP contribution in [0, 0.1) is 5.92 Å². The van der Waals surface area contributed by atoms with Gasteiger partial charge in [-0.2, -0.15) is 0 Å². The summed E-state index contributed by atoms with van der Waals surface area (Å²) in [5, 5.41) is 11.6. The first-order valence-electron chi connectivity index (χ1n) is 11.0. The lowest BCUT2D eigenvalue weighted by Crippen LogP contribution is -2.44. The van der Waals surface area contributed by atoms with Gasteiger partial charge in [-0.05, 0) is 80.1 Å². The summed E-state index contributed by atoms with van der Waals surface area (Å²) in [5.74, 6) is 0.945. The Bertz CT molecular complexity index is 827. The van der Waals surface area contributed by atoms with Gasteiger partial charge in [0.15, 0.2) is 8.32 Å². The van der Waals surface area contributed by atoms with Gasteiger partial charge in [-0.3, -0.25) is 0 Å². The Morgan fingerprint density at radius 1 is 1.14 bits per heavy atom. The Labute approximate surface area is 170 Å². The molecule has 2 fully saturated rings.